The zero-order valence-electron chi connectivity index (χ0n) is 9.85. The van der Waals surface area contributed by atoms with E-state index >= 15 is 0 Å². The topological polar surface area (TPSA) is 26.3 Å². The standard InChI is InChI=1S/C15H10BrClO2/c16-13-11-3-1-2-4-12(11)15(18)19-14(13)9-5-7-10(17)8-6-9/h1-8,13-14H/t13-,14+/m1/s1. The number of rotatable bonds is 1. The molecule has 2 nitrogen and oxygen atoms in total. The Morgan fingerprint density at radius 1 is 1.05 bits per heavy atom. The molecule has 0 fully saturated rings. The van der Waals surface area contributed by atoms with E-state index < -0.39 is 0 Å². The maximum atomic E-state index is 12.0. The minimum atomic E-state index is -0.334. The number of carbonyl (C=O) groups is 1. The molecule has 1 aliphatic heterocycles. The van der Waals surface area contributed by atoms with Gasteiger partial charge in [-0.3, -0.25) is 0 Å². The van der Waals surface area contributed by atoms with Crippen molar-refractivity contribution >= 4 is 33.5 Å². The van der Waals surface area contributed by atoms with Gasteiger partial charge in [0.15, 0.2) is 0 Å². The summed E-state index contributed by atoms with van der Waals surface area (Å²) in [6.45, 7) is 0. The smallest absolute Gasteiger partial charge is 0.339 e. The molecular weight excluding hydrogens is 328 g/mol. The van der Waals surface area contributed by atoms with Crippen LogP contribution in [0.25, 0.3) is 0 Å². The van der Waals surface area contributed by atoms with Crippen LogP contribution in [0, 0.1) is 0 Å². The first-order valence-electron chi connectivity index (χ1n) is 5.86. The average Bonchev–Trinajstić information content (AvgIpc) is 2.44. The molecule has 2 aromatic rings. The molecule has 0 radical (unpaired) electrons. The van der Waals surface area contributed by atoms with Crippen LogP contribution in [0.15, 0.2) is 48.5 Å². The third kappa shape index (κ3) is 2.28. The molecule has 0 spiro atoms. The number of esters is 1. The first-order chi connectivity index (χ1) is 9.16. The Morgan fingerprint density at radius 3 is 2.47 bits per heavy atom. The maximum absolute atomic E-state index is 12.0. The van der Waals surface area contributed by atoms with Gasteiger partial charge in [-0.2, -0.15) is 0 Å². The summed E-state index contributed by atoms with van der Waals surface area (Å²) in [5.74, 6) is -0.286. The van der Waals surface area contributed by atoms with Gasteiger partial charge in [0.2, 0.25) is 0 Å². The SMILES string of the molecule is O=C1O[C@@H](c2ccc(Cl)cc2)[C@H](Br)c2ccccc21. The van der Waals surface area contributed by atoms with Gasteiger partial charge in [-0.05, 0) is 29.3 Å². The average molecular weight is 338 g/mol. The highest BCUT2D eigenvalue weighted by molar-refractivity contribution is 9.09. The minimum absolute atomic E-state index is 0.0532. The van der Waals surface area contributed by atoms with Crippen LogP contribution < -0.4 is 0 Å². The number of hydrogen-bond donors (Lipinski definition) is 0. The molecule has 19 heavy (non-hydrogen) atoms. The highest BCUT2D eigenvalue weighted by Crippen LogP contribution is 2.44. The molecule has 0 aliphatic carbocycles. The Labute approximate surface area is 124 Å². The second-order valence-electron chi connectivity index (χ2n) is 4.37. The predicted octanol–water partition coefficient (Wildman–Crippen LogP) is 4.69. The highest BCUT2D eigenvalue weighted by atomic mass is 79.9. The Hall–Kier alpha value is -1.32. The van der Waals surface area contributed by atoms with Gasteiger partial charge in [-0.15, -0.1) is 0 Å². The molecule has 0 amide bonds. The molecule has 0 aromatic heterocycles. The summed E-state index contributed by atoms with van der Waals surface area (Å²) in [7, 11) is 0. The van der Waals surface area contributed by atoms with Crippen LogP contribution in [-0.2, 0) is 4.74 Å². The molecule has 4 heteroatoms. The number of carbonyl (C=O) groups excluding carboxylic acids is 1. The quantitative estimate of drug-likeness (QED) is 0.557. The number of alkyl halides is 1. The Bertz CT molecular complexity index is 624. The largest absolute Gasteiger partial charge is 0.452 e. The van der Waals surface area contributed by atoms with Crippen molar-refractivity contribution in [3.05, 3.63) is 70.2 Å². The first kappa shape index (κ1) is 12.7. The molecule has 3 rings (SSSR count). The predicted molar refractivity (Wildman–Crippen MR) is 77.7 cm³/mol. The van der Waals surface area contributed by atoms with Crippen LogP contribution in [0.3, 0.4) is 0 Å². The van der Waals surface area contributed by atoms with Gasteiger partial charge in [0.1, 0.15) is 6.10 Å². The fourth-order valence-corrected chi connectivity index (χ4v) is 3.15. The van der Waals surface area contributed by atoms with E-state index in [0.29, 0.717) is 10.6 Å². The summed E-state index contributed by atoms with van der Waals surface area (Å²) >= 11 is 9.50. The zero-order valence-corrected chi connectivity index (χ0v) is 12.2. The van der Waals surface area contributed by atoms with Crippen molar-refractivity contribution < 1.29 is 9.53 Å². The van der Waals surface area contributed by atoms with Crippen LogP contribution in [0.5, 0.6) is 0 Å². The van der Waals surface area contributed by atoms with E-state index in [1.165, 1.54) is 0 Å². The van der Waals surface area contributed by atoms with E-state index in [1.807, 2.05) is 30.3 Å². The van der Waals surface area contributed by atoms with Gasteiger partial charge < -0.3 is 4.74 Å². The summed E-state index contributed by atoms with van der Waals surface area (Å²) in [6, 6.07) is 14.8. The summed E-state index contributed by atoms with van der Waals surface area (Å²) in [6.07, 6.45) is -0.334. The fourth-order valence-electron chi connectivity index (χ4n) is 2.21. The molecule has 2 aromatic carbocycles. The molecule has 0 N–H and O–H groups in total. The Kier molecular flexibility index (Phi) is 3.33. The Morgan fingerprint density at radius 2 is 1.74 bits per heavy atom. The van der Waals surface area contributed by atoms with E-state index in [0.717, 1.165) is 11.1 Å². The van der Waals surface area contributed by atoms with E-state index in [4.69, 9.17) is 16.3 Å². The molecule has 0 saturated heterocycles. The van der Waals surface area contributed by atoms with Crippen molar-refractivity contribution in [2.45, 2.75) is 10.9 Å². The number of halogens is 2. The van der Waals surface area contributed by atoms with Gasteiger partial charge in [-0.1, -0.05) is 57.9 Å². The number of benzene rings is 2. The minimum Gasteiger partial charge on any atom is -0.452 e. The third-order valence-corrected chi connectivity index (χ3v) is 4.40. The lowest BCUT2D eigenvalue weighted by atomic mass is 9.94. The summed E-state index contributed by atoms with van der Waals surface area (Å²) in [5, 5.41) is 0.664. The lowest BCUT2D eigenvalue weighted by Crippen LogP contribution is -2.23. The number of cyclic esters (lactones) is 1. The zero-order chi connectivity index (χ0) is 13.4. The highest BCUT2D eigenvalue weighted by Gasteiger charge is 2.34. The van der Waals surface area contributed by atoms with E-state index in [9.17, 15) is 4.79 Å². The monoisotopic (exact) mass is 336 g/mol. The molecule has 0 bridgehead atoms. The van der Waals surface area contributed by atoms with E-state index in [-0.39, 0.29) is 16.9 Å². The number of fused-ring (bicyclic) bond motifs is 1. The second-order valence-corrected chi connectivity index (χ2v) is 5.79. The summed E-state index contributed by atoms with van der Waals surface area (Å²) in [5.41, 5.74) is 2.50. The normalized spacial score (nSPS) is 21.7. The molecule has 0 unspecified atom stereocenters. The molecular formula is C15H10BrClO2. The third-order valence-electron chi connectivity index (χ3n) is 3.18. The van der Waals surface area contributed by atoms with E-state index in [1.54, 1.807) is 18.2 Å². The van der Waals surface area contributed by atoms with Crippen LogP contribution in [0.2, 0.25) is 5.02 Å². The lowest BCUT2D eigenvalue weighted by molar-refractivity contribution is 0.0249. The molecule has 96 valence electrons. The lowest BCUT2D eigenvalue weighted by Gasteiger charge is -2.29. The number of ether oxygens (including phenoxy) is 1. The summed E-state index contributed by atoms with van der Waals surface area (Å²) < 4.78 is 5.52. The van der Waals surface area contributed by atoms with Gasteiger partial charge in [-0.25, -0.2) is 4.79 Å². The fraction of sp³-hybridized carbons (Fsp3) is 0.133. The molecule has 2 atom stereocenters. The molecule has 1 heterocycles. The molecule has 0 saturated carbocycles. The number of hydrogen-bond acceptors (Lipinski definition) is 2. The van der Waals surface area contributed by atoms with E-state index in [2.05, 4.69) is 15.9 Å². The van der Waals surface area contributed by atoms with Crippen molar-refractivity contribution in [3.8, 4) is 0 Å². The summed E-state index contributed by atoms with van der Waals surface area (Å²) in [4.78, 5) is 12.0. The van der Waals surface area contributed by atoms with Crippen molar-refractivity contribution in [1.29, 1.82) is 0 Å². The maximum Gasteiger partial charge on any atom is 0.339 e. The first-order valence-corrected chi connectivity index (χ1v) is 7.15. The van der Waals surface area contributed by atoms with Gasteiger partial charge in [0.25, 0.3) is 0 Å². The van der Waals surface area contributed by atoms with Crippen LogP contribution in [0.1, 0.15) is 32.4 Å². The van der Waals surface area contributed by atoms with Crippen molar-refractivity contribution in [1.82, 2.24) is 0 Å². The molecule has 1 aliphatic rings. The van der Waals surface area contributed by atoms with Crippen molar-refractivity contribution in [3.63, 3.8) is 0 Å². The van der Waals surface area contributed by atoms with Gasteiger partial charge in [0.05, 0.1) is 10.4 Å². The van der Waals surface area contributed by atoms with Crippen molar-refractivity contribution in [2.24, 2.45) is 0 Å². The van der Waals surface area contributed by atoms with Crippen molar-refractivity contribution in [2.75, 3.05) is 0 Å². The van der Waals surface area contributed by atoms with Crippen LogP contribution in [-0.4, -0.2) is 5.97 Å². The van der Waals surface area contributed by atoms with Gasteiger partial charge in [0, 0.05) is 5.02 Å². The van der Waals surface area contributed by atoms with Gasteiger partial charge >= 0.3 is 5.97 Å². The van der Waals surface area contributed by atoms with Crippen LogP contribution in [0.4, 0.5) is 0 Å². The Balaban J connectivity index is 2.02. The second kappa shape index (κ2) is 4.99. The van der Waals surface area contributed by atoms with Crippen LogP contribution >= 0.6 is 27.5 Å².